The molecule has 0 radical (unpaired) electrons. The Balaban J connectivity index is 2.45. The first kappa shape index (κ1) is 16.8. The summed E-state index contributed by atoms with van der Waals surface area (Å²) in [6.07, 6.45) is 0.467. The van der Waals surface area contributed by atoms with E-state index < -0.39 is 0 Å². The van der Waals surface area contributed by atoms with Crippen LogP contribution in [0.4, 0.5) is 0 Å². The van der Waals surface area contributed by atoms with Crippen molar-refractivity contribution in [1.82, 2.24) is 15.5 Å². The van der Waals surface area contributed by atoms with E-state index in [1.807, 2.05) is 13.8 Å². The zero-order valence-electron chi connectivity index (χ0n) is 14.0. The lowest BCUT2D eigenvalue weighted by molar-refractivity contribution is -0.121. The van der Waals surface area contributed by atoms with E-state index in [9.17, 15) is 4.79 Å². The maximum atomic E-state index is 11.6. The van der Waals surface area contributed by atoms with E-state index in [1.54, 1.807) is 7.05 Å². The Kier molecular flexibility index (Phi) is 5.05. The van der Waals surface area contributed by atoms with Gasteiger partial charge in [-0.3, -0.25) is 9.79 Å². The first-order chi connectivity index (χ1) is 9.11. The fraction of sp³-hybridized carbons (Fsp3) is 0.867. The largest absolute Gasteiger partial charge is 0.356 e. The van der Waals surface area contributed by atoms with Gasteiger partial charge in [-0.2, -0.15) is 0 Å². The number of carbonyl (C=O) groups excluding carboxylic acids is 1. The molecule has 0 aliphatic carbocycles. The van der Waals surface area contributed by atoms with E-state index >= 15 is 0 Å². The molecule has 0 atom stereocenters. The van der Waals surface area contributed by atoms with E-state index in [1.165, 1.54) is 0 Å². The molecule has 1 amide bonds. The average molecular weight is 282 g/mol. The lowest BCUT2D eigenvalue weighted by Crippen LogP contribution is -2.72. The van der Waals surface area contributed by atoms with Crippen LogP contribution in [0.5, 0.6) is 0 Å². The number of nitrogens with zero attached hydrogens (tertiary/aromatic N) is 2. The molecule has 0 saturated carbocycles. The molecule has 0 spiro atoms. The monoisotopic (exact) mass is 282 g/mol. The SMILES string of the molecule is CN=C(NCCC(=O)NC(C)C)N1CC(C)(C)C1(C)C. The van der Waals surface area contributed by atoms with Crippen molar-refractivity contribution in [1.29, 1.82) is 0 Å². The number of carbonyl (C=O) groups is 1. The van der Waals surface area contributed by atoms with E-state index in [4.69, 9.17) is 0 Å². The Bertz CT molecular complexity index is 385. The van der Waals surface area contributed by atoms with Crippen LogP contribution < -0.4 is 10.6 Å². The Morgan fingerprint density at radius 2 is 1.90 bits per heavy atom. The smallest absolute Gasteiger partial charge is 0.221 e. The van der Waals surface area contributed by atoms with Crippen molar-refractivity contribution in [3.8, 4) is 0 Å². The maximum absolute atomic E-state index is 11.6. The van der Waals surface area contributed by atoms with Gasteiger partial charge in [-0.25, -0.2) is 0 Å². The Morgan fingerprint density at radius 3 is 2.30 bits per heavy atom. The predicted molar refractivity (Wildman–Crippen MR) is 83.8 cm³/mol. The number of hydrogen-bond acceptors (Lipinski definition) is 2. The molecule has 5 nitrogen and oxygen atoms in total. The van der Waals surface area contributed by atoms with E-state index in [0.717, 1.165) is 12.5 Å². The molecule has 20 heavy (non-hydrogen) atoms. The van der Waals surface area contributed by atoms with Gasteiger partial charge in [-0.15, -0.1) is 0 Å². The summed E-state index contributed by atoms with van der Waals surface area (Å²) in [5.41, 5.74) is 0.356. The van der Waals surface area contributed by atoms with Crippen molar-refractivity contribution in [2.45, 2.75) is 59.5 Å². The second-order valence-electron chi connectivity index (χ2n) is 6.98. The van der Waals surface area contributed by atoms with Gasteiger partial charge in [-0.05, 0) is 27.7 Å². The average Bonchev–Trinajstić information content (AvgIpc) is 2.31. The van der Waals surface area contributed by atoms with Crippen LogP contribution in [0.2, 0.25) is 0 Å². The fourth-order valence-corrected chi connectivity index (χ4v) is 2.38. The zero-order valence-corrected chi connectivity index (χ0v) is 14.0. The lowest BCUT2D eigenvalue weighted by atomic mass is 9.65. The molecule has 1 fully saturated rings. The second-order valence-corrected chi connectivity index (χ2v) is 6.98. The van der Waals surface area contributed by atoms with Crippen molar-refractivity contribution >= 4 is 11.9 Å². The van der Waals surface area contributed by atoms with Gasteiger partial charge in [0.2, 0.25) is 5.91 Å². The number of nitrogens with one attached hydrogen (secondary N) is 2. The number of aliphatic imine (C=N–C) groups is 1. The number of guanidine groups is 1. The van der Waals surface area contributed by atoms with Gasteiger partial charge in [0.25, 0.3) is 0 Å². The highest BCUT2D eigenvalue weighted by atomic mass is 16.1. The highest BCUT2D eigenvalue weighted by Crippen LogP contribution is 2.46. The highest BCUT2D eigenvalue weighted by Gasteiger charge is 2.53. The summed E-state index contributed by atoms with van der Waals surface area (Å²) in [6, 6.07) is 0.192. The highest BCUT2D eigenvalue weighted by molar-refractivity contribution is 5.83. The second kappa shape index (κ2) is 6.02. The molecule has 0 aromatic rings. The molecule has 1 aliphatic heterocycles. The number of amides is 1. The van der Waals surface area contributed by atoms with Gasteiger partial charge in [0.05, 0.1) is 0 Å². The van der Waals surface area contributed by atoms with Crippen molar-refractivity contribution < 1.29 is 4.79 Å². The lowest BCUT2D eigenvalue weighted by Gasteiger charge is -2.62. The third-order valence-electron chi connectivity index (χ3n) is 4.44. The van der Waals surface area contributed by atoms with E-state index in [2.05, 4.69) is 48.2 Å². The summed E-state index contributed by atoms with van der Waals surface area (Å²) < 4.78 is 0. The summed E-state index contributed by atoms with van der Waals surface area (Å²) in [4.78, 5) is 18.2. The summed E-state index contributed by atoms with van der Waals surface area (Å²) >= 11 is 0. The number of hydrogen-bond donors (Lipinski definition) is 2. The fourth-order valence-electron chi connectivity index (χ4n) is 2.38. The molecule has 1 aliphatic rings. The van der Waals surface area contributed by atoms with E-state index in [-0.39, 0.29) is 22.9 Å². The van der Waals surface area contributed by atoms with Gasteiger partial charge >= 0.3 is 0 Å². The van der Waals surface area contributed by atoms with Crippen molar-refractivity contribution in [3.05, 3.63) is 0 Å². The van der Waals surface area contributed by atoms with Crippen LogP contribution in [0.1, 0.15) is 48.0 Å². The van der Waals surface area contributed by atoms with Crippen LogP contribution in [0.25, 0.3) is 0 Å². The molecule has 2 N–H and O–H groups in total. The summed E-state index contributed by atoms with van der Waals surface area (Å²) in [5.74, 6) is 0.956. The van der Waals surface area contributed by atoms with Gasteiger partial charge in [-0.1, -0.05) is 13.8 Å². The summed E-state index contributed by atoms with van der Waals surface area (Å²) in [6.45, 7) is 14.5. The molecule has 1 saturated heterocycles. The summed E-state index contributed by atoms with van der Waals surface area (Å²) in [7, 11) is 1.79. The molecule has 116 valence electrons. The van der Waals surface area contributed by atoms with Crippen molar-refractivity contribution in [3.63, 3.8) is 0 Å². The zero-order chi connectivity index (χ0) is 15.6. The molecule has 0 bridgehead atoms. The molecule has 0 aromatic carbocycles. The Morgan fingerprint density at radius 1 is 1.30 bits per heavy atom. The Hall–Kier alpha value is -1.26. The van der Waals surface area contributed by atoms with Gasteiger partial charge < -0.3 is 15.5 Å². The Labute approximate surface area is 123 Å². The molecule has 0 aromatic heterocycles. The molecule has 0 unspecified atom stereocenters. The van der Waals surface area contributed by atoms with Crippen LogP contribution in [-0.2, 0) is 4.79 Å². The molecular weight excluding hydrogens is 252 g/mol. The van der Waals surface area contributed by atoms with Crippen LogP contribution in [0.3, 0.4) is 0 Å². The maximum Gasteiger partial charge on any atom is 0.221 e. The van der Waals surface area contributed by atoms with Crippen LogP contribution in [0, 0.1) is 5.41 Å². The molecule has 1 rings (SSSR count). The third-order valence-corrected chi connectivity index (χ3v) is 4.44. The normalized spacial score (nSPS) is 20.6. The minimum absolute atomic E-state index is 0.0751. The number of likely N-dealkylation sites (tertiary alicyclic amines) is 1. The van der Waals surface area contributed by atoms with Gasteiger partial charge in [0.1, 0.15) is 0 Å². The topological polar surface area (TPSA) is 56.7 Å². The minimum Gasteiger partial charge on any atom is -0.356 e. The van der Waals surface area contributed by atoms with Crippen LogP contribution >= 0.6 is 0 Å². The third kappa shape index (κ3) is 3.44. The van der Waals surface area contributed by atoms with Crippen LogP contribution in [-0.4, -0.2) is 48.5 Å². The summed E-state index contributed by atoms with van der Waals surface area (Å²) in [5, 5.41) is 6.17. The predicted octanol–water partition coefficient (Wildman–Crippen LogP) is 1.60. The molecular formula is C15H30N4O. The number of rotatable bonds is 4. The molecule has 1 heterocycles. The minimum atomic E-state index is 0.0751. The van der Waals surface area contributed by atoms with Gasteiger partial charge in [0.15, 0.2) is 5.96 Å². The van der Waals surface area contributed by atoms with Gasteiger partial charge in [0, 0.05) is 43.6 Å². The quantitative estimate of drug-likeness (QED) is 0.608. The molecule has 5 heteroatoms. The first-order valence-electron chi connectivity index (χ1n) is 7.39. The van der Waals surface area contributed by atoms with E-state index in [0.29, 0.717) is 13.0 Å². The van der Waals surface area contributed by atoms with Crippen molar-refractivity contribution in [2.75, 3.05) is 20.1 Å². The first-order valence-corrected chi connectivity index (χ1v) is 7.39. The van der Waals surface area contributed by atoms with Crippen molar-refractivity contribution in [2.24, 2.45) is 10.4 Å². The van der Waals surface area contributed by atoms with Crippen LogP contribution in [0.15, 0.2) is 4.99 Å². The standard InChI is InChI=1S/C15H30N4O/c1-11(2)18-12(20)8-9-17-13(16-7)19-10-14(3,4)15(19,5)6/h11H,8-10H2,1-7H3,(H,16,17)(H,18,20).